The smallest absolute Gasteiger partial charge is 0.304 e. The van der Waals surface area contributed by atoms with Crippen molar-refractivity contribution in [2.75, 3.05) is 11.1 Å². The van der Waals surface area contributed by atoms with E-state index in [2.05, 4.69) is 15.5 Å². The number of carbonyl (C=O) groups is 1. The fraction of sp³-hybridized carbons (Fsp3) is 0.167. The summed E-state index contributed by atoms with van der Waals surface area (Å²) in [4.78, 5) is 22.5. The second-order valence-electron chi connectivity index (χ2n) is 4.26. The van der Waals surface area contributed by atoms with Gasteiger partial charge in [0.05, 0.1) is 22.0 Å². The number of carbonyl (C=O) groups excluding carboxylic acids is 1. The minimum atomic E-state index is -0.667. The molecule has 1 heterocycles. The monoisotopic (exact) mass is 275 g/mol. The van der Waals surface area contributed by atoms with Gasteiger partial charge in [0.15, 0.2) is 0 Å². The molecule has 0 spiro atoms. The van der Waals surface area contributed by atoms with Gasteiger partial charge in [-0.25, -0.2) is 0 Å². The van der Waals surface area contributed by atoms with Gasteiger partial charge in [-0.2, -0.15) is 5.10 Å². The van der Waals surface area contributed by atoms with E-state index in [1.807, 2.05) is 0 Å². The van der Waals surface area contributed by atoms with Crippen molar-refractivity contribution in [2.45, 2.75) is 13.8 Å². The molecular formula is C12H13N5O3. The van der Waals surface area contributed by atoms with Crippen molar-refractivity contribution in [3.63, 3.8) is 0 Å². The second-order valence-corrected chi connectivity index (χ2v) is 4.26. The molecule has 1 amide bonds. The maximum Gasteiger partial charge on any atom is 0.304 e. The van der Waals surface area contributed by atoms with E-state index in [9.17, 15) is 14.9 Å². The van der Waals surface area contributed by atoms with Gasteiger partial charge >= 0.3 is 5.69 Å². The lowest BCUT2D eigenvalue weighted by atomic mass is 10.1. The quantitative estimate of drug-likeness (QED) is 0.447. The highest BCUT2D eigenvalue weighted by atomic mass is 16.6. The SMILES string of the molecule is Cc1n[nH]c(C)c1NC(=O)c1cccc(N)c1[N+](=O)[O-]. The molecule has 0 aliphatic rings. The molecule has 104 valence electrons. The Kier molecular flexibility index (Phi) is 3.38. The first-order valence-corrected chi connectivity index (χ1v) is 5.77. The number of hydrogen-bond donors (Lipinski definition) is 3. The number of benzene rings is 1. The summed E-state index contributed by atoms with van der Waals surface area (Å²) in [6, 6.07) is 4.23. The standard InChI is InChI=1S/C12H13N5O3/c1-6-10(7(2)16-15-6)14-12(18)8-4-3-5-9(13)11(8)17(19)20/h3-5H,13H2,1-2H3,(H,14,18)(H,15,16). The first kappa shape index (κ1) is 13.5. The number of nitro groups is 1. The van der Waals surface area contributed by atoms with Crippen molar-refractivity contribution < 1.29 is 9.72 Å². The summed E-state index contributed by atoms with van der Waals surface area (Å²) in [6.45, 7) is 3.45. The lowest BCUT2D eigenvalue weighted by Crippen LogP contribution is -2.15. The molecule has 1 aromatic heterocycles. The first-order valence-electron chi connectivity index (χ1n) is 5.77. The van der Waals surface area contributed by atoms with Gasteiger partial charge in [0.25, 0.3) is 5.91 Å². The third kappa shape index (κ3) is 2.30. The van der Waals surface area contributed by atoms with Gasteiger partial charge < -0.3 is 11.1 Å². The molecule has 0 unspecified atom stereocenters. The van der Waals surface area contributed by atoms with E-state index in [1.165, 1.54) is 18.2 Å². The number of aryl methyl sites for hydroxylation is 2. The van der Waals surface area contributed by atoms with Gasteiger partial charge in [0, 0.05) is 0 Å². The van der Waals surface area contributed by atoms with Crippen LogP contribution in [0.3, 0.4) is 0 Å². The second kappa shape index (κ2) is 5.00. The molecule has 0 bridgehead atoms. The number of anilines is 2. The molecular weight excluding hydrogens is 262 g/mol. The molecule has 8 heteroatoms. The van der Waals surface area contributed by atoms with Crippen LogP contribution in [-0.2, 0) is 0 Å². The van der Waals surface area contributed by atoms with Gasteiger partial charge in [0.2, 0.25) is 0 Å². The molecule has 2 rings (SSSR count). The zero-order chi connectivity index (χ0) is 14.9. The summed E-state index contributed by atoms with van der Waals surface area (Å²) in [5.74, 6) is -0.600. The Morgan fingerprint density at radius 3 is 2.70 bits per heavy atom. The molecule has 4 N–H and O–H groups in total. The van der Waals surface area contributed by atoms with Crippen LogP contribution in [0.2, 0.25) is 0 Å². The highest BCUT2D eigenvalue weighted by Gasteiger charge is 2.24. The number of para-hydroxylation sites is 1. The Balaban J connectivity index is 2.40. The third-order valence-electron chi connectivity index (χ3n) is 2.86. The predicted octanol–water partition coefficient (Wildman–Crippen LogP) is 1.77. The normalized spacial score (nSPS) is 10.3. The number of nitrogens with zero attached hydrogens (tertiary/aromatic N) is 2. The van der Waals surface area contributed by atoms with E-state index in [1.54, 1.807) is 13.8 Å². The molecule has 0 saturated heterocycles. The summed E-state index contributed by atoms with van der Waals surface area (Å²) in [5.41, 5.74) is 6.79. The average molecular weight is 275 g/mol. The van der Waals surface area contributed by atoms with E-state index in [4.69, 9.17) is 5.73 Å². The highest BCUT2D eigenvalue weighted by molar-refractivity contribution is 6.08. The molecule has 0 atom stereocenters. The minimum absolute atomic E-state index is 0.0525. The number of hydrogen-bond acceptors (Lipinski definition) is 5. The van der Waals surface area contributed by atoms with Crippen molar-refractivity contribution in [3.8, 4) is 0 Å². The van der Waals surface area contributed by atoms with E-state index in [0.717, 1.165) is 0 Å². The van der Waals surface area contributed by atoms with Crippen LogP contribution in [0, 0.1) is 24.0 Å². The van der Waals surface area contributed by atoms with Gasteiger partial charge in [0.1, 0.15) is 11.3 Å². The summed E-state index contributed by atoms with van der Waals surface area (Å²) in [5, 5.41) is 20.3. The molecule has 0 saturated carbocycles. The third-order valence-corrected chi connectivity index (χ3v) is 2.86. The number of rotatable bonds is 3. The number of nitro benzene ring substituents is 1. The summed E-state index contributed by atoms with van der Waals surface area (Å²) in [7, 11) is 0. The average Bonchev–Trinajstić information content (AvgIpc) is 2.69. The molecule has 0 aliphatic carbocycles. The molecule has 1 aromatic carbocycles. The van der Waals surface area contributed by atoms with E-state index < -0.39 is 16.5 Å². The van der Waals surface area contributed by atoms with Crippen LogP contribution in [0.25, 0.3) is 0 Å². The molecule has 0 aliphatic heterocycles. The molecule has 0 radical (unpaired) electrons. The fourth-order valence-electron chi connectivity index (χ4n) is 1.86. The number of aromatic nitrogens is 2. The topological polar surface area (TPSA) is 127 Å². The van der Waals surface area contributed by atoms with Gasteiger partial charge in [-0.15, -0.1) is 0 Å². The van der Waals surface area contributed by atoms with Crippen molar-refractivity contribution in [3.05, 3.63) is 45.3 Å². The van der Waals surface area contributed by atoms with Crippen molar-refractivity contribution in [1.82, 2.24) is 10.2 Å². The van der Waals surface area contributed by atoms with Crippen LogP contribution in [0.15, 0.2) is 18.2 Å². The van der Waals surface area contributed by atoms with Gasteiger partial charge in [-0.3, -0.25) is 20.0 Å². The first-order chi connectivity index (χ1) is 9.41. The van der Waals surface area contributed by atoms with Gasteiger partial charge in [-0.1, -0.05) is 6.07 Å². The fourth-order valence-corrected chi connectivity index (χ4v) is 1.86. The number of H-pyrrole nitrogens is 1. The Morgan fingerprint density at radius 2 is 2.15 bits per heavy atom. The van der Waals surface area contributed by atoms with Crippen molar-refractivity contribution >= 4 is 23.0 Å². The van der Waals surface area contributed by atoms with Crippen LogP contribution in [0.4, 0.5) is 17.1 Å². The molecule has 8 nitrogen and oxygen atoms in total. The van der Waals surface area contributed by atoms with Crippen molar-refractivity contribution in [2.24, 2.45) is 0 Å². The zero-order valence-corrected chi connectivity index (χ0v) is 10.9. The molecule has 0 fully saturated rings. The summed E-state index contributed by atoms with van der Waals surface area (Å²) >= 11 is 0. The Labute approximate surface area is 114 Å². The van der Waals surface area contributed by atoms with E-state index in [0.29, 0.717) is 17.1 Å². The minimum Gasteiger partial charge on any atom is -0.393 e. The number of aromatic amines is 1. The number of amides is 1. The number of nitrogen functional groups attached to an aromatic ring is 1. The van der Waals surface area contributed by atoms with Crippen LogP contribution >= 0.6 is 0 Å². The molecule has 2 aromatic rings. The van der Waals surface area contributed by atoms with Crippen LogP contribution in [0.5, 0.6) is 0 Å². The van der Waals surface area contributed by atoms with E-state index in [-0.39, 0.29) is 11.3 Å². The maximum absolute atomic E-state index is 12.2. The summed E-state index contributed by atoms with van der Waals surface area (Å²) in [6.07, 6.45) is 0. The van der Waals surface area contributed by atoms with Crippen LogP contribution < -0.4 is 11.1 Å². The Morgan fingerprint density at radius 1 is 1.45 bits per heavy atom. The van der Waals surface area contributed by atoms with Crippen molar-refractivity contribution in [1.29, 1.82) is 0 Å². The van der Waals surface area contributed by atoms with Crippen LogP contribution in [-0.4, -0.2) is 21.0 Å². The lowest BCUT2D eigenvalue weighted by molar-refractivity contribution is -0.384. The number of nitrogens with one attached hydrogen (secondary N) is 2. The zero-order valence-electron chi connectivity index (χ0n) is 10.9. The predicted molar refractivity (Wildman–Crippen MR) is 73.5 cm³/mol. The van der Waals surface area contributed by atoms with E-state index >= 15 is 0 Å². The van der Waals surface area contributed by atoms with Gasteiger partial charge in [-0.05, 0) is 26.0 Å². The summed E-state index contributed by atoms with van der Waals surface area (Å²) < 4.78 is 0. The Bertz CT molecular complexity index is 673. The lowest BCUT2D eigenvalue weighted by Gasteiger charge is -2.07. The van der Waals surface area contributed by atoms with Crippen LogP contribution in [0.1, 0.15) is 21.7 Å². The Hall–Kier alpha value is -2.90. The largest absolute Gasteiger partial charge is 0.393 e. The number of nitrogens with two attached hydrogens (primary N) is 1. The highest BCUT2D eigenvalue weighted by Crippen LogP contribution is 2.27. The maximum atomic E-state index is 12.2. The molecule has 20 heavy (non-hydrogen) atoms.